The van der Waals surface area contributed by atoms with Gasteiger partial charge in [0.15, 0.2) is 0 Å². The Kier molecular flexibility index (Phi) is 3.00. The Hall–Kier alpha value is -0.780. The van der Waals surface area contributed by atoms with E-state index in [2.05, 4.69) is 36.6 Å². The van der Waals surface area contributed by atoms with Gasteiger partial charge in [0.1, 0.15) is 5.69 Å². The molecule has 0 fully saturated rings. The standard InChI is InChI=1S/C13H14N2S3/c1-7-6-17-13-11(7)8(2)12(18-13)9-5-10(16-4)15(3)14-9/h5-6H,1-4H3. The molecule has 0 spiro atoms. The third-order valence-corrected chi connectivity index (χ3v) is 6.47. The number of nitrogens with zero attached hydrogens (tertiary/aromatic N) is 2. The second-order valence-electron chi connectivity index (χ2n) is 4.33. The molecule has 3 aromatic heterocycles. The van der Waals surface area contributed by atoms with E-state index in [1.807, 2.05) is 34.4 Å². The van der Waals surface area contributed by atoms with E-state index in [1.165, 1.54) is 30.4 Å². The number of thioether (sulfide) groups is 1. The van der Waals surface area contributed by atoms with Crippen LogP contribution in [-0.4, -0.2) is 16.0 Å². The van der Waals surface area contributed by atoms with Crippen LogP contribution in [0.4, 0.5) is 0 Å². The number of fused-ring (bicyclic) bond motifs is 1. The van der Waals surface area contributed by atoms with Crippen LogP contribution in [0, 0.1) is 13.8 Å². The third kappa shape index (κ3) is 1.73. The van der Waals surface area contributed by atoms with E-state index in [-0.39, 0.29) is 0 Å². The van der Waals surface area contributed by atoms with Crippen LogP contribution in [-0.2, 0) is 7.05 Å². The van der Waals surface area contributed by atoms with Crippen LogP contribution in [0.1, 0.15) is 11.1 Å². The van der Waals surface area contributed by atoms with Crippen LogP contribution in [0.15, 0.2) is 16.5 Å². The molecule has 0 saturated heterocycles. The lowest BCUT2D eigenvalue weighted by Gasteiger charge is -1.94. The molecule has 0 aliphatic carbocycles. The van der Waals surface area contributed by atoms with E-state index in [9.17, 15) is 0 Å². The topological polar surface area (TPSA) is 17.8 Å². The molecule has 2 nitrogen and oxygen atoms in total. The highest BCUT2D eigenvalue weighted by molar-refractivity contribution is 7.98. The second-order valence-corrected chi connectivity index (χ2v) is 7.32. The molecule has 0 aromatic carbocycles. The zero-order chi connectivity index (χ0) is 12.9. The maximum absolute atomic E-state index is 4.63. The minimum atomic E-state index is 1.10. The number of aryl methyl sites for hydroxylation is 3. The summed E-state index contributed by atoms with van der Waals surface area (Å²) in [5.41, 5.74) is 3.86. The molecule has 0 amide bonds. The fraction of sp³-hybridized carbons (Fsp3) is 0.308. The largest absolute Gasteiger partial charge is 0.261 e. The molecule has 18 heavy (non-hydrogen) atoms. The van der Waals surface area contributed by atoms with Gasteiger partial charge in [-0.25, -0.2) is 0 Å². The molecule has 0 N–H and O–H groups in total. The molecule has 0 aliphatic rings. The summed E-state index contributed by atoms with van der Waals surface area (Å²) in [6.45, 7) is 4.40. The van der Waals surface area contributed by atoms with Gasteiger partial charge in [0.05, 0.1) is 13.9 Å². The van der Waals surface area contributed by atoms with E-state index < -0.39 is 0 Å². The number of aromatic nitrogens is 2. The Morgan fingerprint density at radius 2 is 2.11 bits per heavy atom. The molecule has 94 valence electrons. The van der Waals surface area contributed by atoms with Crippen LogP contribution in [0.25, 0.3) is 20.0 Å². The summed E-state index contributed by atoms with van der Waals surface area (Å²) in [6.07, 6.45) is 2.09. The van der Waals surface area contributed by atoms with Crippen LogP contribution in [0.5, 0.6) is 0 Å². The molecule has 5 heteroatoms. The van der Waals surface area contributed by atoms with Gasteiger partial charge in [0.25, 0.3) is 0 Å². The van der Waals surface area contributed by atoms with Crippen molar-refractivity contribution in [1.29, 1.82) is 0 Å². The smallest absolute Gasteiger partial charge is 0.104 e. The van der Waals surface area contributed by atoms with Crippen molar-refractivity contribution in [2.24, 2.45) is 7.05 Å². The van der Waals surface area contributed by atoms with Crippen LogP contribution in [0.3, 0.4) is 0 Å². The fourth-order valence-electron chi connectivity index (χ4n) is 2.22. The van der Waals surface area contributed by atoms with Crippen molar-refractivity contribution in [3.8, 4) is 10.6 Å². The van der Waals surface area contributed by atoms with E-state index in [4.69, 9.17) is 0 Å². The second kappa shape index (κ2) is 4.40. The first-order valence-corrected chi connectivity index (χ1v) is 8.59. The van der Waals surface area contributed by atoms with Crippen LogP contribution < -0.4 is 0 Å². The first-order valence-electron chi connectivity index (χ1n) is 5.67. The highest BCUT2D eigenvalue weighted by Crippen LogP contribution is 2.42. The van der Waals surface area contributed by atoms with Crippen LogP contribution >= 0.6 is 34.4 Å². The molecule has 0 atom stereocenters. The van der Waals surface area contributed by atoms with Gasteiger partial charge in [0.2, 0.25) is 0 Å². The Morgan fingerprint density at radius 3 is 2.72 bits per heavy atom. The Morgan fingerprint density at radius 1 is 1.33 bits per heavy atom. The SMILES string of the molecule is CSc1cc(-c2sc3scc(C)c3c2C)nn1C. The lowest BCUT2D eigenvalue weighted by Crippen LogP contribution is -1.91. The summed E-state index contributed by atoms with van der Waals surface area (Å²) in [7, 11) is 2.01. The number of rotatable bonds is 2. The summed E-state index contributed by atoms with van der Waals surface area (Å²) < 4.78 is 3.37. The molecule has 0 unspecified atom stereocenters. The molecule has 3 aromatic rings. The molecule has 3 heterocycles. The first kappa shape index (κ1) is 12.3. The van der Waals surface area contributed by atoms with E-state index in [0.717, 1.165) is 5.69 Å². The van der Waals surface area contributed by atoms with E-state index in [0.29, 0.717) is 0 Å². The third-order valence-electron chi connectivity index (χ3n) is 3.13. The molecule has 0 radical (unpaired) electrons. The van der Waals surface area contributed by atoms with E-state index >= 15 is 0 Å². The first-order chi connectivity index (χ1) is 8.61. The Bertz CT molecular complexity index is 718. The highest BCUT2D eigenvalue weighted by atomic mass is 32.2. The van der Waals surface area contributed by atoms with Gasteiger partial charge in [-0.15, -0.1) is 34.4 Å². The fourth-order valence-corrected chi connectivity index (χ4v) is 5.24. The van der Waals surface area contributed by atoms with Gasteiger partial charge in [0, 0.05) is 12.4 Å². The zero-order valence-corrected chi connectivity index (χ0v) is 13.2. The monoisotopic (exact) mass is 294 g/mol. The van der Waals surface area contributed by atoms with Crippen molar-refractivity contribution in [3.05, 3.63) is 22.6 Å². The zero-order valence-electron chi connectivity index (χ0n) is 10.8. The van der Waals surface area contributed by atoms with Crippen LogP contribution in [0.2, 0.25) is 0 Å². The van der Waals surface area contributed by atoms with Gasteiger partial charge in [-0.05, 0) is 42.7 Å². The average Bonchev–Trinajstić information content (AvgIpc) is 2.97. The average molecular weight is 294 g/mol. The van der Waals surface area contributed by atoms with Gasteiger partial charge >= 0.3 is 0 Å². The summed E-state index contributed by atoms with van der Waals surface area (Å²) in [5.74, 6) is 0. The molecular weight excluding hydrogens is 280 g/mol. The predicted molar refractivity (Wildman–Crippen MR) is 83.2 cm³/mol. The number of hydrogen-bond acceptors (Lipinski definition) is 4. The molecule has 0 saturated carbocycles. The van der Waals surface area contributed by atoms with Crippen molar-refractivity contribution in [2.45, 2.75) is 18.9 Å². The quantitative estimate of drug-likeness (QED) is 0.637. The number of thiophene rings is 2. The van der Waals surface area contributed by atoms with E-state index in [1.54, 1.807) is 11.8 Å². The minimum absolute atomic E-state index is 1.10. The summed E-state index contributed by atoms with van der Waals surface area (Å²) in [6, 6.07) is 2.18. The normalized spacial score (nSPS) is 11.6. The Balaban J connectivity index is 2.21. The lowest BCUT2D eigenvalue weighted by atomic mass is 10.1. The lowest BCUT2D eigenvalue weighted by molar-refractivity contribution is 0.702. The summed E-state index contributed by atoms with van der Waals surface area (Å²) in [5, 5.41) is 9.50. The molecular formula is C13H14N2S3. The maximum Gasteiger partial charge on any atom is 0.104 e. The Labute approximate surface area is 119 Å². The van der Waals surface area contributed by atoms with Crippen molar-refractivity contribution < 1.29 is 0 Å². The van der Waals surface area contributed by atoms with Gasteiger partial charge < -0.3 is 0 Å². The maximum atomic E-state index is 4.63. The summed E-state index contributed by atoms with van der Waals surface area (Å²) >= 11 is 5.44. The van der Waals surface area contributed by atoms with Gasteiger partial charge in [-0.3, -0.25) is 4.68 Å². The van der Waals surface area contributed by atoms with Crippen molar-refractivity contribution in [1.82, 2.24) is 9.78 Å². The minimum Gasteiger partial charge on any atom is -0.261 e. The van der Waals surface area contributed by atoms with Gasteiger partial charge in [-0.2, -0.15) is 5.10 Å². The molecule has 0 bridgehead atoms. The molecule has 3 rings (SSSR count). The molecule has 0 aliphatic heterocycles. The van der Waals surface area contributed by atoms with Gasteiger partial charge in [-0.1, -0.05) is 0 Å². The van der Waals surface area contributed by atoms with Crippen molar-refractivity contribution >= 4 is 43.8 Å². The van der Waals surface area contributed by atoms with Crippen molar-refractivity contribution in [3.63, 3.8) is 0 Å². The predicted octanol–water partition coefficient (Wildman–Crippen LogP) is 4.70. The number of hydrogen-bond donors (Lipinski definition) is 0. The summed E-state index contributed by atoms with van der Waals surface area (Å²) in [4.78, 5) is 1.32. The highest BCUT2D eigenvalue weighted by Gasteiger charge is 2.16. The van der Waals surface area contributed by atoms with Crippen molar-refractivity contribution in [2.75, 3.05) is 6.26 Å².